The lowest BCUT2D eigenvalue weighted by Crippen LogP contribution is -2.39. The molecule has 0 spiro atoms. The molecule has 2 rings (SSSR count). The Morgan fingerprint density at radius 1 is 1.62 bits per heavy atom. The van der Waals surface area contributed by atoms with Crippen LogP contribution in [0, 0.1) is 17.7 Å². The molecule has 0 bridgehead atoms. The summed E-state index contributed by atoms with van der Waals surface area (Å²) in [5, 5.41) is 0.480. The summed E-state index contributed by atoms with van der Waals surface area (Å²) in [5.74, 6) is 6.47. The fourth-order valence-electron chi connectivity index (χ4n) is 2.19. The molecular formula is C12H16ClFN2. The smallest absolute Gasteiger partial charge is 0.127 e. The quantitative estimate of drug-likeness (QED) is 0.629. The van der Waals surface area contributed by atoms with E-state index < -0.39 is 0 Å². The highest BCUT2D eigenvalue weighted by atomic mass is 35.5. The first kappa shape index (κ1) is 11.8. The Balaban J connectivity index is 2.13. The van der Waals surface area contributed by atoms with Crippen molar-refractivity contribution in [3.8, 4) is 0 Å². The van der Waals surface area contributed by atoms with Crippen LogP contribution in [0.5, 0.6) is 0 Å². The summed E-state index contributed by atoms with van der Waals surface area (Å²) in [6.45, 7) is 2.18. The number of hydrazine groups is 1. The van der Waals surface area contributed by atoms with E-state index in [-0.39, 0.29) is 11.9 Å². The molecular weight excluding hydrogens is 227 g/mol. The SMILES string of the molecule is CC1CC1C(Cc1c(F)cccc1Cl)NN. The Labute approximate surface area is 99.9 Å². The second kappa shape index (κ2) is 4.70. The summed E-state index contributed by atoms with van der Waals surface area (Å²) in [4.78, 5) is 0. The molecule has 16 heavy (non-hydrogen) atoms. The summed E-state index contributed by atoms with van der Waals surface area (Å²) in [5.41, 5.74) is 3.33. The van der Waals surface area contributed by atoms with Crippen LogP contribution in [0.15, 0.2) is 18.2 Å². The minimum Gasteiger partial charge on any atom is -0.271 e. The molecule has 1 aromatic carbocycles. The van der Waals surface area contributed by atoms with Crippen LogP contribution >= 0.6 is 11.6 Å². The van der Waals surface area contributed by atoms with Crippen molar-refractivity contribution >= 4 is 11.6 Å². The van der Waals surface area contributed by atoms with Gasteiger partial charge in [0.1, 0.15) is 5.82 Å². The van der Waals surface area contributed by atoms with Gasteiger partial charge in [0.15, 0.2) is 0 Å². The highest BCUT2D eigenvalue weighted by Crippen LogP contribution is 2.41. The van der Waals surface area contributed by atoms with Gasteiger partial charge >= 0.3 is 0 Å². The van der Waals surface area contributed by atoms with Crippen LogP contribution in [0.2, 0.25) is 5.02 Å². The molecule has 1 fully saturated rings. The van der Waals surface area contributed by atoms with Gasteiger partial charge in [-0.15, -0.1) is 0 Å². The van der Waals surface area contributed by atoms with E-state index in [2.05, 4.69) is 12.3 Å². The topological polar surface area (TPSA) is 38.0 Å². The van der Waals surface area contributed by atoms with Gasteiger partial charge in [-0.2, -0.15) is 0 Å². The van der Waals surface area contributed by atoms with Crippen molar-refractivity contribution in [3.63, 3.8) is 0 Å². The Morgan fingerprint density at radius 2 is 2.31 bits per heavy atom. The summed E-state index contributed by atoms with van der Waals surface area (Å²) in [6.07, 6.45) is 1.71. The van der Waals surface area contributed by atoms with E-state index in [1.54, 1.807) is 12.1 Å². The molecule has 0 radical (unpaired) electrons. The average Bonchev–Trinajstić information content (AvgIpc) is 2.95. The van der Waals surface area contributed by atoms with Crippen LogP contribution in [0.4, 0.5) is 4.39 Å². The number of benzene rings is 1. The summed E-state index contributed by atoms with van der Waals surface area (Å²) >= 11 is 5.98. The number of rotatable bonds is 4. The molecule has 1 aliphatic rings. The van der Waals surface area contributed by atoms with Crippen LogP contribution in [-0.2, 0) is 6.42 Å². The van der Waals surface area contributed by atoms with E-state index in [9.17, 15) is 4.39 Å². The van der Waals surface area contributed by atoms with Crippen molar-refractivity contribution in [3.05, 3.63) is 34.6 Å². The van der Waals surface area contributed by atoms with E-state index >= 15 is 0 Å². The summed E-state index contributed by atoms with van der Waals surface area (Å²) in [7, 11) is 0. The molecule has 3 unspecified atom stereocenters. The minimum absolute atomic E-state index is 0.115. The van der Waals surface area contributed by atoms with Gasteiger partial charge in [0.05, 0.1) is 0 Å². The molecule has 2 nitrogen and oxygen atoms in total. The van der Waals surface area contributed by atoms with Crippen molar-refractivity contribution in [1.82, 2.24) is 5.43 Å². The molecule has 0 aliphatic heterocycles. The molecule has 3 N–H and O–H groups in total. The Hall–Kier alpha value is -0.640. The lowest BCUT2D eigenvalue weighted by atomic mass is 10.0. The average molecular weight is 243 g/mol. The Bertz CT molecular complexity index is 363. The highest BCUT2D eigenvalue weighted by molar-refractivity contribution is 6.31. The van der Waals surface area contributed by atoms with Crippen LogP contribution in [-0.4, -0.2) is 6.04 Å². The summed E-state index contributed by atoms with van der Waals surface area (Å²) < 4.78 is 13.6. The maximum absolute atomic E-state index is 13.6. The van der Waals surface area contributed by atoms with Crippen LogP contribution in [0.3, 0.4) is 0 Å². The Kier molecular flexibility index (Phi) is 3.47. The van der Waals surface area contributed by atoms with Gasteiger partial charge in [0.2, 0.25) is 0 Å². The number of halogens is 2. The van der Waals surface area contributed by atoms with E-state index in [0.717, 1.165) is 6.42 Å². The van der Waals surface area contributed by atoms with Crippen molar-refractivity contribution in [2.45, 2.75) is 25.8 Å². The maximum Gasteiger partial charge on any atom is 0.127 e. The first-order valence-corrected chi connectivity index (χ1v) is 5.90. The van der Waals surface area contributed by atoms with Crippen molar-refractivity contribution in [2.24, 2.45) is 17.7 Å². The van der Waals surface area contributed by atoms with Gasteiger partial charge in [-0.05, 0) is 36.8 Å². The highest BCUT2D eigenvalue weighted by Gasteiger charge is 2.39. The third kappa shape index (κ3) is 2.37. The van der Waals surface area contributed by atoms with Crippen LogP contribution < -0.4 is 11.3 Å². The molecule has 1 saturated carbocycles. The van der Waals surface area contributed by atoms with E-state index in [4.69, 9.17) is 17.4 Å². The molecule has 0 amide bonds. The van der Waals surface area contributed by atoms with Crippen molar-refractivity contribution in [2.75, 3.05) is 0 Å². The number of nitrogens with two attached hydrogens (primary N) is 1. The van der Waals surface area contributed by atoms with Crippen molar-refractivity contribution < 1.29 is 4.39 Å². The number of nitrogens with one attached hydrogen (secondary N) is 1. The zero-order valence-corrected chi connectivity index (χ0v) is 9.97. The second-order valence-corrected chi connectivity index (χ2v) is 4.96. The standard InChI is InChI=1S/C12H16ClFN2/c1-7-5-8(7)12(16-15)6-9-10(13)3-2-4-11(9)14/h2-4,7-8,12,16H,5-6,15H2,1H3. The van der Waals surface area contributed by atoms with Crippen LogP contribution in [0.1, 0.15) is 18.9 Å². The van der Waals surface area contributed by atoms with Gasteiger partial charge in [0, 0.05) is 16.6 Å². The fraction of sp³-hybridized carbons (Fsp3) is 0.500. The number of hydrogen-bond acceptors (Lipinski definition) is 2. The van der Waals surface area contributed by atoms with Crippen molar-refractivity contribution in [1.29, 1.82) is 0 Å². The van der Waals surface area contributed by atoms with Gasteiger partial charge < -0.3 is 0 Å². The van der Waals surface area contributed by atoms with Gasteiger partial charge in [-0.3, -0.25) is 11.3 Å². The monoisotopic (exact) mass is 242 g/mol. The summed E-state index contributed by atoms with van der Waals surface area (Å²) in [6, 6.07) is 4.88. The predicted octanol–water partition coefficient (Wildman–Crippen LogP) is 2.51. The lowest BCUT2D eigenvalue weighted by molar-refractivity contribution is 0.446. The molecule has 0 saturated heterocycles. The first-order chi connectivity index (χ1) is 7.63. The molecule has 1 aliphatic carbocycles. The third-order valence-electron chi connectivity index (χ3n) is 3.39. The van der Waals surface area contributed by atoms with Gasteiger partial charge in [0.25, 0.3) is 0 Å². The third-order valence-corrected chi connectivity index (χ3v) is 3.74. The minimum atomic E-state index is -0.249. The molecule has 0 aromatic heterocycles. The normalized spacial score (nSPS) is 25.5. The molecule has 88 valence electrons. The largest absolute Gasteiger partial charge is 0.271 e. The zero-order chi connectivity index (χ0) is 11.7. The molecule has 0 heterocycles. The van der Waals surface area contributed by atoms with Gasteiger partial charge in [-0.1, -0.05) is 24.6 Å². The Morgan fingerprint density at radius 3 is 2.81 bits per heavy atom. The number of hydrogen-bond donors (Lipinski definition) is 2. The predicted molar refractivity (Wildman–Crippen MR) is 63.5 cm³/mol. The fourth-order valence-corrected chi connectivity index (χ4v) is 2.43. The molecule has 3 atom stereocenters. The second-order valence-electron chi connectivity index (χ2n) is 4.55. The lowest BCUT2D eigenvalue weighted by Gasteiger charge is -2.16. The molecule has 4 heteroatoms. The van der Waals surface area contributed by atoms with E-state index in [1.165, 1.54) is 6.07 Å². The van der Waals surface area contributed by atoms with E-state index in [1.807, 2.05) is 0 Å². The van der Waals surface area contributed by atoms with Crippen LogP contribution in [0.25, 0.3) is 0 Å². The zero-order valence-electron chi connectivity index (χ0n) is 9.21. The maximum atomic E-state index is 13.6. The van der Waals surface area contributed by atoms with Gasteiger partial charge in [-0.25, -0.2) is 4.39 Å². The molecule has 1 aromatic rings. The van der Waals surface area contributed by atoms with E-state index in [0.29, 0.717) is 28.8 Å². The first-order valence-electron chi connectivity index (χ1n) is 5.52.